The van der Waals surface area contributed by atoms with Gasteiger partial charge in [0.15, 0.2) is 0 Å². The zero-order valence-electron chi connectivity index (χ0n) is 7.92. The second kappa shape index (κ2) is 4.01. The van der Waals surface area contributed by atoms with E-state index in [-0.39, 0.29) is 6.04 Å². The average molecular weight is 184 g/mol. The molecule has 1 rings (SSSR count). The predicted molar refractivity (Wildman–Crippen MR) is 53.4 cm³/mol. The zero-order chi connectivity index (χ0) is 9.14. The van der Waals surface area contributed by atoms with Crippen LogP contribution in [0.1, 0.15) is 41.9 Å². The van der Waals surface area contributed by atoms with Gasteiger partial charge in [0.05, 0.1) is 11.7 Å². The van der Waals surface area contributed by atoms with Gasteiger partial charge in [-0.25, -0.2) is 4.98 Å². The van der Waals surface area contributed by atoms with Crippen molar-refractivity contribution >= 4 is 11.3 Å². The molecule has 2 N–H and O–H groups in total. The summed E-state index contributed by atoms with van der Waals surface area (Å²) in [6, 6.07) is 0.133. The van der Waals surface area contributed by atoms with Crippen LogP contribution in [-0.4, -0.2) is 4.98 Å². The molecule has 0 aliphatic heterocycles. The Kier molecular flexibility index (Phi) is 3.23. The second-order valence-electron chi connectivity index (χ2n) is 2.93. The van der Waals surface area contributed by atoms with Crippen molar-refractivity contribution in [3.05, 3.63) is 15.6 Å². The number of nitrogens with zero attached hydrogens (tertiary/aromatic N) is 1. The van der Waals surface area contributed by atoms with Gasteiger partial charge in [-0.3, -0.25) is 0 Å². The summed E-state index contributed by atoms with van der Waals surface area (Å²) in [4.78, 5) is 5.82. The van der Waals surface area contributed by atoms with Gasteiger partial charge in [-0.05, 0) is 19.8 Å². The van der Waals surface area contributed by atoms with Gasteiger partial charge in [-0.2, -0.15) is 0 Å². The maximum atomic E-state index is 5.88. The van der Waals surface area contributed by atoms with Crippen molar-refractivity contribution in [2.24, 2.45) is 5.73 Å². The second-order valence-corrected chi connectivity index (χ2v) is 4.04. The summed E-state index contributed by atoms with van der Waals surface area (Å²) in [5.74, 6) is 0. The molecule has 0 aromatic carbocycles. The minimum absolute atomic E-state index is 0.133. The number of rotatable bonds is 3. The Morgan fingerprint density at radius 2 is 2.17 bits per heavy atom. The highest BCUT2D eigenvalue weighted by Crippen LogP contribution is 2.23. The summed E-state index contributed by atoms with van der Waals surface area (Å²) >= 11 is 1.76. The van der Waals surface area contributed by atoms with E-state index in [1.165, 1.54) is 4.88 Å². The standard InChI is InChI=1S/C9H16N2S/c1-4-7(10)9-11-6(3)8(5-2)12-9/h7H,4-5,10H2,1-3H3. The molecule has 0 fully saturated rings. The first-order chi connectivity index (χ1) is 5.69. The Hall–Kier alpha value is -0.410. The molecular weight excluding hydrogens is 168 g/mol. The lowest BCUT2D eigenvalue weighted by Gasteiger charge is -2.01. The number of hydrogen-bond donors (Lipinski definition) is 1. The molecule has 1 unspecified atom stereocenters. The van der Waals surface area contributed by atoms with E-state index in [0.717, 1.165) is 23.5 Å². The van der Waals surface area contributed by atoms with Crippen molar-refractivity contribution in [3.8, 4) is 0 Å². The van der Waals surface area contributed by atoms with E-state index >= 15 is 0 Å². The van der Waals surface area contributed by atoms with Crippen LogP contribution in [0.15, 0.2) is 0 Å². The van der Waals surface area contributed by atoms with Gasteiger partial charge in [0.2, 0.25) is 0 Å². The SMILES string of the molecule is CCc1sc(C(N)CC)nc1C. The molecule has 0 saturated heterocycles. The lowest BCUT2D eigenvalue weighted by molar-refractivity contribution is 0.691. The molecular formula is C9H16N2S. The highest BCUT2D eigenvalue weighted by atomic mass is 32.1. The number of nitrogens with two attached hydrogens (primary N) is 1. The third-order valence-corrected chi connectivity index (χ3v) is 3.42. The van der Waals surface area contributed by atoms with Crippen LogP contribution in [0.2, 0.25) is 0 Å². The lowest BCUT2D eigenvalue weighted by Crippen LogP contribution is -2.07. The van der Waals surface area contributed by atoms with E-state index in [0.29, 0.717) is 0 Å². The molecule has 3 heteroatoms. The Morgan fingerprint density at radius 1 is 1.50 bits per heavy atom. The van der Waals surface area contributed by atoms with E-state index in [4.69, 9.17) is 5.73 Å². The zero-order valence-corrected chi connectivity index (χ0v) is 8.74. The van der Waals surface area contributed by atoms with Crippen LogP contribution < -0.4 is 5.73 Å². The summed E-state index contributed by atoms with van der Waals surface area (Å²) in [7, 11) is 0. The van der Waals surface area contributed by atoms with E-state index in [9.17, 15) is 0 Å². The molecule has 0 radical (unpaired) electrons. The molecule has 12 heavy (non-hydrogen) atoms. The molecule has 0 spiro atoms. The Bertz CT molecular complexity index is 255. The Labute approximate surface area is 77.8 Å². The van der Waals surface area contributed by atoms with Crippen molar-refractivity contribution in [2.45, 2.75) is 39.7 Å². The average Bonchev–Trinajstić information content (AvgIpc) is 2.45. The molecule has 1 heterocycles. The fourth-order valence-corrected chi connectivity index (χ4v) is 2.20. The van der Waals surface area contributed by atoms with Gasteiger partial charge < -0.3 is 5.73 Å². The van der Waals surface area contributed by atoms with Gasteiger partial charge in [0.1, 0.15) is 5.01 Å². The topological polar surface area (TPSA) is 38.9 Å². The molecule has 2 nitrogen and oxygen atoms in total. The molecule has 68 valence electrons. The largest absolute Gasteiger partial charge is 0.322 e. The summed E-state index contributed by atoms with van der Waals surface area (Å²) in [5.41, 5.74) is 7.03. The first-order valence-electron chi connectivity index (χ1n) is 4.40. The number of hydrogen-bond acceptors (Lipinski definition) is 3. The summed E-state index contributed by atoms with van der Waals surface area (Å²) in [6.45, 7) is 6.30. The van der Waals surface area contributed by atoms with Crippen LogP contribution in [0, 0.1) is 6.92 Å². The minimum atomic E-state index is 0.133. The van der Waals surface area contributed by atoms with Crippen LogP contribution in [0.25, 0.3) is 0 Å². The summed E-state index contributed by atoms with van der Waals surface area (Å²) in [5, 5.41) is 1.09. The van der Waals surface area contributed by atoms with Gasteiger partial charge in [0.25, 0.3) is 0 Å². The van der Waals surface area contributed by atoms with Gasteiger partial charge >= 0.3 is 0 Å². The molecule has 0 aliphatic rings. The van der Waals surface area contributed by atoms with Crippen molar-refractivity contribution in [1.82, 2.24) is 4.98 Å². The van der Waals surface area contributed by atoms with Crippen molar-refractivity contribution in [2.75, 3.05) is 0 Å². The van der Waals surface area contributed by atoms with Gasteiger partial charge in [-0.1, -0.05) is 13.8 Å². The molecule has 0 amide bonds. The van der Waals surface area contributed by atoms with E-state index < -0.39 is 0 Å². The van der Waals surface area contributed by atoms with E-state index in [2.05, 4.69) is 25.8 Å². The van der Waals surface area contributed by atoms with Crippen molar-refractivity contribution in [1.29, 1.82) is 0 Å². The third-order valence-electron chi connectivity index (χ3n) is 1.99. The maximum absolute atomic E-state index is 5.88. The maximum Gasteiger partial charge on any atom is 0.110 e. The van der Waals surface area contributed by atoms with Crippen molar-refractivity contribution < 1.29 is 0 Å². The Balaban J connectivity index is 2.88. The van der Waals surface area contributed by atoms with Crippen LogP contribution in [0.5, 0.6) is 0 Å². The van der Waals surface area contributed by atoms with E-state index in [1.54, 1.807) is 11.3 Å². The molecule has 0 aliphatic carbocycles. The van der Waals surface area contributed by atoms with Gasteiger partial charge in [0, 0.05) is 4.88 Å². The molecule has 0 bridgehead atoms. The third kappa shape index (κ3) is 1.84. The number of aryl methyl sites for hydroxylation is 2. The minimum Gasteiger partial charge on any atom is -0.322 e. The van der Waals surface area contributed by atoms with Crippen LogP contribution in [-0.2, 0) is 6.42 Å². The molecule has 1 atom stereocenters. The molecule has 1 aromatic rings. The fourth-order valence-electron chi connectivity index (χ4n) is 1.11. The highest BCUT2D eigenvalue weighted by Gasteiger charge is 2.10. The molecule has 0 saturated carbocycles. The van der Waals surface area contributed by atoms with Crippen LogP contribution in [0.4, 0.5) is 0 Å². The Morgan fingerprint density at radius 3 is 2.58 bits per heavy atom. The van der Waals surface area contributed by atoms with Crippen LogP contribution >= 0.6 is 11.3 Å². The van der Waals surface area contributed by atoms with Crippen molar-refractivity contribution in [3.63, 3.8) is 0 Å². The van der Waals surface area contributed by atoms with Crippen LogP contribution in [0.3, 0.4) is 0 Å². The van der Waals surface area contributed by atoms with Gasteiger partial charge in [-0.15, -0.1) is 11.3 Å². The first kappa shape index (κ1) is 9.68. The smallest absolute Gasteiger partial charge is 0.110 e. The normalized spacial score (nSPS) is 13.3. The lowest BCUT2D eigenvalue weighted by atomic mass is 10.2. The molecule has 1 aromatic heterocycles. The highest BCUT2D eigenvalue weighted by molar-refractivity contribution is 7.11. The number of aromatic nitrogens is 1. The summed E-state index contributed by atoms with van der Waals surface area (Å²) in [6.07, 6.45) is 2.04. The fraction of sp³-hybridized carbons (Fsp3) is 0.667. The predicted octanol–water partition coefficient (Wildman–Crippen LogP) is 2.42. The monoisotopic (exact) mass is 184 g/mol. The number of thiazole rings is 1. The first-order valence-corrected chi connectivity index (χ1v) is 5.22. The van der Waals surface area contributed by atoms with E-state index in [1.807, 2.05) is 0 Å². The summed E-state index contributed by atoms with van der Waals surface area (Å²) < 4.78 is 0. The quantitative estimate of drug-likeness (QED) is 0.783.